The van der Waals surface area contributed by atoms with Gasteiger partial charge in [-0.2, -0.15) is 16.6 Å². The Labute approximate surface area is 206 Å². The van der Waals surface area contributed by atoms with Gasteiger partial charge in [0.05, 0.1) is 25.4 Å². The van der Waals surface area contributed by atoms with E-state index >= 15 is 0 Å². The normalized spacial score (nSPS) is 18.3. The van der Waals surface area contributed by atoms with Crippen molar-refractivity contribution >= 4 is 45.8 Å². The van der Waals surface area contributed by atoms with Crippen molar-refractivity contribution in [1.82, 2.24) is 4.90 Å². The Bertz CT molecular complexity index is 1050. The average Bonchev–Trinajstić information content (AvgIpc) is 3.49. The Morgan fingerprint density at radius 3 is 2.94 bits per heavy atom. The van der Waals surface area contributed by atoms with Gasteiger partial charge in [-0.1, -0.05) is 0 Å². The third kappa shape index (κ3) is 6.67. The molecule has 34 heavy (non-hydrogen) atoms. The predicted octanol–water partition coefficient (Wildman–Crippen LogP) is 3.92. The number of nitrogens with zero attached hydrogens (tertiary/aromatic N) is 2. The highest BCUT2D eigenvalue weighted by atomic mass is 32.1. The first-order valence-corrected chi connectivity index (χ1v) is 13.0. The second kappa shape index (κ2) is 12.1. The van der Waals surface area contributed by atoms with E-state index in [0.29, 0.717) is 43.4 Å². The SMILES string of the molecule is N#Cc1c(NC(=O)/C=C/c2ccsc2)sc2c1CCC(COC(=O)OCCN1CCOCC1)C2. The van der Waals surface area contributed by atoms with Crippen LogP contribution in [0.2, 0.25) is 0 Å². The lowest BCUT2D eigenvalue weighted by molar-refractivity contribution is -0.111. The molecule has 0 aromatic carbocycles. The van der Waals surface area contributed by atoms with E-state index in [1.165, 1.54) is 17.4 Å². The van der Waals surface area contributed by atoms with Crippen LogP contribution >= 0.6 is 22.7 Å². The minimum atomic E-state index is -0.645. The number of carbonyl (C=O) groups excluding carboxylic acids is 2. The van der Waals surface area contributed by atoms with Crippen LogP contribution in [0, 0.1) is 17.2 Å². The molecular formula is C24H27N3O5S2. The summed E-state index contributed by atoms with van der Waals surface area (Å²) in [6.45, 7) is 4.37. The molecule has 1 saturated heterocycles. The molecule has 0 saturated carbocycles. The van der Waals surface area contributed by atoms with Gasteiger partial charge in [-0.25, -0.2) is 4.79 Å². The van der Waals surface area contributed by atoms with Crippen LogP contribution in [0.3, 0.4) is 0 Å². The number of ether oxygens (including phenoxy) is 3. The summed E-state index contributed by atoms with van der Waals surface area (Å²) in [4.78, 5) is 27.6. The highest BCUT2D eigenvalue weighted by Gasteiger charge is 2.27. The van der Waals surface area contributed by atoms with Crippen molar-refractivity contribution in [1.29, 1.82) is 5.26 Å². The maximum atomic E-state index is 12.3. The van der Waals surface area contributed by atoms with Gasteiger partial charge in [0.2, 0.25) is 5.91 Å². The van der Waals surface area contributed by atoms with Crippen molar-refractivity contribution in [2.75, 3.05) is 51.4 Å². The van der Waals surface area contributed by atoms with Gasteiger partial charge in [-0.3, -0.25) is 9.69 Å². The molecule has 3 heterocycles. The van der Waals surface area contributed by atoms with Crippen LogP contribution < -0.4 is 5.32 Å². The number of fused-ring (bicyclic) bond motifs is 1. The molecule has 1 fully saturated rings. The summed E-state index contributed by atoms with van der Waals surface area (Å²) in [6, 6.07) is 4.18. The van der Waals surface area contributed by atoms with E-state index in [1.807, 2.05) is 16.8 Å². The standard InChI is InChI=1S/C24H27N3O5S2/c25-14-20-19-3-1-18(15-32-24(29)31-11-8-27-6-9-30-10-7-27)13-21(19)34-23(20)26-22(28)4-2-17-5-12-33-16-17/h2,4-5,12,16,18H,1,3,6-11,13,15H2,(H,26,28)/b4-2+. The largest absolute Gasteiger partial charge is 0.508 e. The maximum absolute atomic E-state index is 12.3. The molecule has 1 aliphatic carbocycles. The van der Waals surface area contributed by atoms with Crippen LogP contribution in [0.25, 0.3) is 6.08 Å². The molecule has 1 unspecified atom stereocenters. The smallest absolute Gasteiger partial charge is 0.434 e. The molecule has 8 nitrogen and oxygen atoms in total. The van der Waals surface area contributed by atoms with Crippen molar-refractivity contribution in [3.05, 3.63) is 44.5 Å². The number of carbonyl (C=O) groups is 2. The molecule has 2 aliphatic rings. The molecule has 1 atom stereocenters. The summed E-state index contributed by atoms with van der Waals surface area (Å²) in [7, 11) is 0. The molecule has 2 aromatic rings. The zero-order valence-electron chi connectivity index (χ0n) is 18.8. The molecule has 0 spiro atoms. The van der Waals surface area contributed by atoms with Crippen molar-refractivity contribution in [3.8, 4) is 6.07 Å². The van der Waals surface area contributed by atoms with E-state index in [4.69, 9.17) is 14.2 Å². The highest BCUT2D eigenvalue weighted by Crippen LogP contribution is 2.39. The Balaban J connectivity index is 1.25. The highest BCUT2D eigenvalue weighted by molar-refractivity contribution is 7.16. The Kier molecular flexibility index (Phi) is 8.71. The minimum absolute atomic E-state index is 0.159. The maximum Gasteiger partial charge on any atom is 0.508 e. The first-order chi connectivity index (χ1) is 16.6. The Morgan fingerprint density at radius 2 is 2.18 bits per heavy atom. The summed E-state index contributed by atoms with van der Waals surface area (Å²) in [5.41, 5.74) is 2.50. The quantitative estimate of drug-likeness (QED) is 0.432. The van der Waals surface area contributed by atoms with E-state index in [-0.39, 0.29) is 18.4 Å². The molecule has 2 aromatic heterocycles. The number of thiophene rings is 2. The summed E-state index contributed by atoms with van der Waals surface area (Å²) in [6.07, 6.45) is 4.81. The van der Waals surface area contributed by atoms with Crippen LogP contribution in [0.4, 0.5) is 9.80 Å². The number of rotatable bonds is 8. The lowest BCUT2D eigenvalue weighted by Crippen LogP contribution is -2.38. The lowest BCUT2D eigenvalue weighted by Gasteiger charge is -2.26. The first-order valence-electron chi connectivity index (χ1n) is 11.3. The third-order valence-electron chi connectivity index (χ3n) is 5.85. The van der Waals surface area contributed by atoms with Crippen LogP contribution in [0.1, 0.15) is 28.0 Å². The summed E-state index contributed by atoms with van der Waals surface area (Å²) < 4.78 is 15.8. The Hall–Kier alpha value is -2.71. The van der Waals surface area contributed by atoms with Crippen molar-refractivity contribution in [3.63, 3.8) is 0 Å². The molecule has 0 radical (unpaired) electrons. The minimum Gasteiger partial charge on any atom is -0.434 e. The lowest BCUT2D eigenvalue weighted by atomic mass is 9.88. The van der Waals surface area contributed by atoms with Gasteiger partial charge in [0.15, 0.2) is 0 Å². The van der Waals surface area contributed by atoms with Crippen molar-refractivity contribution in [2.45, 2.75) is 19.3 Å². The molecule has 4 rings (SSSR count). The van der Waals surface area contributed by atoms with E-state index in [2.05, 4.69) is 16.3 Å². The fourth-order valence-corrected chi connectivity index (χ4v) is 5.95. The van der Waals surface area contributed by atoms with E-state index in [1.54, 1.807) is 17.4 Å². The molecule has 180 valence electrons. The zero-order chi connectivity index (χ0) is 23.8. The number of amides is 1. The fourth-order valence-electron chi connectivity index (χ4n) is 4.01. The van der Waals surface area contributed by atoms with Gasteiger partial charge in [0, 0.05) is 30.6 Å². The van der Waals surface area contributed by atoms with Gasteiger partial charge in [-0.15, -0.1) is 11.3 Å². The molecule has 1 aliphatic heterocycles. The predicted molar refractivity (Wildman–Crippen MR) is 131 cm³/mol. The topological polar surface area (TPSA) is 101 Å². The average molecular weight is 502 g/mol. The van der Waals surface area contributed by atoms with Gasteiger partial charge < -0.3 is 19.5 Å². The zero-order valence-corrected chi connectivity index (χ0v) is 20.4. The summed E-state index contributed by atoms with van der Waals surface area (Å²) in [5, 5.41) is 17.0. The second-order valence-electron chi connectivity index (χ2n) is 8.17. The number of anilines is 1. The number of hydrogen-bond acceptors (Lipinski definition) is 9. The van der Waals surface area contributed by atoms with Crippen molar-refractivity contribution in [2.24, 2.45) is 5.92 Å². The number of nitrogens with one attached hydrogen (secondary N) is 1. The van der Waals surface area contributed by atoms with Crippen LogP contribution in [-0.2, 0) is 31.8 Å². The van der Waals surface area contributed by atoms with Gasteiger partial charge in [-0.05, 0) is 59.2 Å². The molecular weight excluding hydrogens is 474 g/mol. The second-order valence-corrected chi connectivity index (χ2v) is 10.1. The van der Waals surface area contributed by atoms with Gasteiger partial charge in [0.1, 0.15) is 17.7 Å². The Morgan fingerprint density at radius 1 is 1.32 bits per heavy atom. The summed E-state index contributed by atoms with van der Waals surface area (Å²) in [5.74, 6) is -0.104. The van der Waals surface area contributed by atoms with Crippen molar-refractivity contribution < 1.29 is 23.8 Å². The van der Waals surface area contributed by atoms with E-state index in [9.17, 15) is 14.9 Å². The van der Waals surface area contributed by atoms with E-state index < -0.39 is 6.16 Å². The third-order valence-corrected chi connectivity index (χ3v) is 7.73. The van der Waals surface area contributed by atoms with E-state index in [0.717, 1.165) is 41.9 Å². The monoisotopic (exact) mass is 501 g/mol. The molecule has 1 N–H and O–H groups in total. The van der Waals surface area contributed by atoms with Crippen LogP contribution in [-0.4, -0.2) is 63.0 Å². The summed E-state index contributed by atoms with van der Waals surface area (Å²) >= 11 is 3.00. The first kappa shape index (κ1) is 24.4. The van der Waals surface area contributed by atoms with Crippen LogP contribution in [0.5, 0.6) is 0 Å². The van der Waals surface area contributed by atoms with Gasteiger partial charge >= 0.3 is 6.16 Å². The number of hydrogen-bond donors (Lipinski definition) is 1. The van der Waals surface area contributed by atoms with Crippen LogP contribution in [0.15, 0.2) is 22.9 Å². The molecule has 10 heteroatoms. The number of morpholine rings is 1. The number of nitriles is 1. The molecule has 1 amide bonds. The fraction of sp³-hybridized carbons (Fsp3) is 0.458. The molecule has 0 bridgehead atoms. The van der Waals surface area contributed by atoms with Gasteiger partial charge in [0.25, 0.3) is 0 Å².